The van der Waals surface area contributed by atoms with Gasteiger partial charge in [-0.15, -0.1) is 11.3 Å². The van der Waals surface area contributed by atoms with Crippen molar-refractivity contribution in [1.29, 1.82) is 0 Å². The van der Waals surface area contributed by atoms with Crippen molar-refractivity contribution in [2.75, 3.05) is 0 Å². The maximum absolute atomic E-state index is 6.02. The molecule has 0 aliphatic rings. The van der Waals surface area contributed by atoms with Gasteiger partial charge in [0.2, 0.25) is 0 Å². The summed E-state index contributed by atoms with van der Waals surface area (Å²) in [5.41, 5.74) is 3.86. The first-order valence-electron chi connectivity index (χ1n) is 4.78. The van der Waals surface area contributed by atoms with Crippen molar-refractivity contribution >= 4 is 57.1 Å². The fourth-order valence-electron chi connectivity index (χ4n) is 1.54. The van der Waals surface area contributed by atoms with Crippen LogP contribution in [0.1, 0.15) is 16.5 Å². The van der Waals surface area contributed by atoms with Gasteiger partial charge in [0.15, 0.2) is 0 Å². The molecule has 0 aliphatic heterocycles. The highest BCUT2D eigenvalue weighted by Crippen LogP contribution is 2.33. The Balaban J connectivity index is 2.45. The Bertz CT molecular complexity index is 530. The lowest BCUT2D eigenvalue weighted by Crippen LogP contribution is -2.28. The molecule has 1 heterocycles. The third-order valence-corrected chi connectivity index (χ3v) is 4.83. The summed E-state index contributed by atoms with van der Waals surface area (Å²) in [4.78, 5) is 1.07. The highest BCUT2D eigenvalue weighted by atomic mass is 127. The maximum Gasteiger partial charge on any atom is 0.0931 e. The van der Waals surface area contributed by atoms with Gasteiger partial charge in [-0.25, -0.2) is 5.43 Å². The Morgan fingerprint density at radius 3 is 2.59 bits per heavy atom. The van der Waals surface area contributed by atoms with Crippen LogP contribution in [-0.2, 0) is 0 Å². The second-order valence-corrected chi connectivity index (χ2v) is 6.75. The monoisotopic (exact) mass is 398 g/mol. The van der Waals surface area contributed by atoms with E-state index >= 15 is 0 Å². The molecule has 1 unspecified atom stereocenters. The van der Waals surface area contributed by atoms with Gasteiger partial charge in [-0.05, 0) is 58.5 Å². The zero-order valence-corrected chi connectivity index (χ0v) is 13.1. The van der Waals surface area contributed by atoms with Crippen LogP contribution in [0.25, 0.3) is 0 Å². The molecule has 1 atom stereocenters. The van der Waals surface area contributed by atoms with Gasteiger partial charge < -0.3 is 0 Å². The Labute approximate surface area is 127 Å². The molecule has 3 N–H and O–H groups in total. The van der Waals surface area contributed by atoms with E-state index in [0.717, 1.165) is 18.3 Å². The molecule has 0 aliphatic carbocycles. The van der Waals surface area contributed by atoms with Crippen LogP contribution in [0.4, 0.5) is 0 Å². The topological polar surface area (TPSA) is 38.0 Å². The molecule has 2 nitrogen and oxygen atoms in total. The van der Waals surface area contributed by atoms with Gasteiger partial charge in [-0.2, -0.15) is 0 Å². The second-order valence-electron chi connectivity index (χ2n) is 3.41. The smallest absolute Gasteiger partial charge is 0.0931 e. The number of hydrogen-bond donors (Lipinski definition) is 2. The number of nitrogens with one attached hydrogen (secondary N) is 1. The lowest BCUT2D eigenvalue weighted by Gasteiger charge is -2.16. The highest BCUT2D eigenvalue weighted by Gasteiger charge is 2.17. The summed E-state index contributed by atoms with van der Waals surface area (Å²) in [6.45, 7) is 0. The molecule has 90 valence electrons. The van der Waals surface area contributed by atoms with Crippen molar-refractivity contribution in [3.63, 3.8) is 0 Å². The fourth-order valence-corrected chi connectivity index (χ4v) is 3.51. The first-order chi connectivity index (χ1) is 8.11. The first-order valence-corrected chi connectivity index (χ1v) is 7.43. The van der Waals surface area contributed by atoms with E-state index in [1.54, 1.807) is 0 Å². The summed E-state index contributed by atoms with van der Waals surface area (Å²) < 4.78 is 1.86. The summed E-state index contributed by atoms with van der Waals surface area (Å²) in [6, 6.07) is 9.50. The molecule has 0 amide bonds. The number of benzene rings is 1. The molecule has 6 heteroatoms. The molecule has 1 aromatic carbocycles. The van der Waals surface area contributed by atoms with Crippen LogP contribution < -0.4 is 11.3 Å². The lowest BCUT2D eigenvalue weighted by atomic mass is 10.1. The van der Waals surface area contributed by atoms with Crippen molar-refractivity contribution in [3.05, 3.63) is 53.7 Å². The summed E-state index contributed by atoms with van der Waals surface area (Å²) in [7, 11) is 0. The fraction of sp³-hybridized carbons (Fsp3) is 0.0909. The van der Waals surface area contributed by atoms with E-state index in [4.69, 9.17) is 29.0 Å². The van der Waals surface area contributed by atoms with E-state index in [9.17, 15) is 0 Å². The van der Waals surface area contributed by atoms with E-state index in [1.807, 2.05) is 30.3 Å². The van der Waals surface area contributed by atoms with Crippen molar-refractivity contribution in [2.45, 2.75) is 6.04 Å². The van der Waals surface area contributed by atoms with Crippen molar-refractivity contribution in [2.24, 2.45) is 5.84 Å². The van der Waals surface area contributed by atoms with Gasteiger partial charge in [0.1, 0.15) is 0 Å². The minimum absolute atomic E-state index is 0.0851. The summed E-state index contributed by atoms with van der Waals surface area (Å²) in [5.74, 6) is 5.63. The van der Waals surface area contributed by atoms with Crippen LogP contribution in [0.2, 0.25) is 9.36 Å². The molecule has 2 rings (SSSR count). The largest absolute Gasteiger partial charge is 0.271 e. The van der Waals surface area contributed by atoms with E-state index in [1.165, 1.54) is 11.3 Å². The number of hydrogen-bond acceptors (Lipinski definition) is 3. The SMILES string of the molecule is NNC(c1ccc(Cl)s1)c1cc(Cl)ccc1I. The van der Waals surface area contributed by atoms with E-state index in [0.29, 0.717) is 5.02 Å². The first kappa shape index (κ1) is 13.6. The quantitative estimate of drug-likeness (QED) is 0.461. The van der Waals surface area contributed by atoms with Gasteiger partial charge in [0.25, 0.3) is 0 Å². The van der Waals surface area contributed by atoms with Crippen LogP contribution >= 0.6 is 57.1 Å². The second kappa shape index (κ2) is 5.86. The van der Waals surface area contributed by atoms with Crippen molar-refractivity contribution in [1.82, 2.24) is 5.43 Å². The van der Waals surface area contributed by atoms with Crippen LogP contribution in [-0.4, -0.2) is 0 Å². The molecule has 0 saturated carbocycles. The number of hydrazine groups is 1. The van der Waals surface area contributed by atoms with Crippen molar-refractivity contribution < 1.29 is 0 Å². The van der Waals surface area contributed by atoms with Gasteiger partial charge in [-0.1, -0.05) is 23.2 Å². The molecule has 0 saturated heterocycles. The number of thiophene rings is 1. The molecule has 2 aromatic rings. The van der Waals surface area contributed by atoms with Gasteiger partial charge in [-0.3, -0.25) is 5.84 Å². The molecule has 0 fully saturated rings. The molecule has 0 spiro atoms. The Morgan fingerprint density at radius 2 is 2.00 bits per heavy atom. The normalized spacial score (nSPS) is 12.7. The predicted octanol–water partition coefficient (Wildman–Crippen LogP) is 4.21. The Hall–Kier alpha value is 0.150. The third-order valence-electron chi connectivity index (χ3n) is 2.31. The number of nitrogens with two attached hydrogens (primary N) is 1. The number of rotatable bonds is 3. The van der Waals surface area contributed by atoms with Gasteiger partial charge in [0.05, 0.1) is 10.4 Å². The maximum atomic E-state index is 6.02. The molecular formula is C11H9Cl2IN2S. The third kappa shape index (κ3) is 3.13. The molecule has 17 heavy (non-hydrogen) atoms. The lowest BCUT2D eigenvalue weighted by molar-refractivity contribution is 0.644. The van der Waals surface area contributed by atoms with Gasteiger partial charge in [0, 0.05) is 13.5 Å². The Morgan fingerprint density at radius 1 is 1.24 bits per heavy atom. The van der Waals surface area contributed by atoms with Crippen LogP contribution in [0.3, 0.4) is 0 Å². The van der Waals surface area contributed by atoms with Crippen LogP contribution in [0, 0.1) is 3.57 Å². The van der Waals surface area contributed by atoms with E-state index < -0.39 is 0 Å². The summed E-state index contributed by atoms with van der Waals surface area (Å²) >= 11 is 15.7. The molecular weight excluding hydrogens is 390 g/mol. The molecule has 0 bridgehead atoms. The Kier molecular flexibility index (Phi) is 4.68. The van der Waals surface area contributed by atoms with Gasteiger partial charge >= 0.3 is 0 Å². The minimum Gasteiger partial charge on any atom is -0.271 e. The van der Waals surface area contributed by atoms with Crippen LogP contribution in [0.15, 0.2) is 30.3 Å². The van der Waals surface area contributed by atoms with E-state index in [2.05, 4.69) is 28.0 Å². The highest BCUT2D eigenvalue weighted by molar-refractivity contribution is 14.1. The van der Waals surface area contributed by atoms with Crippen LogP contribution in [0.5, 0.6) is 0 Å². The summed E-state index contributed by atoms with van der Waals surface area (Å²) in [6.07, 6.45) is 0. The average Bonchev–Trinajstić information content (AvgIpc) is 2.71. The zero-order chi connectivity index (χ0) is 12.4. The molecule has 0 radical (unpaired) electrons. The van der Waals surface area contributed by atoms with E-state index in [-0.39, 0.29) is 6.04 Å². The zero-order valence-electron chi connectivity index (χ0n) is 8.58. The predicted molar refractivity (Wildman–Crippen MR) is 82.7 cm³/mol. The number of halogens is 3. The van der Waals surface area contributed by atoms with Crippen molar-refractivity contribution in [3.8, 4) is 0 Å². The standard InChI is InChI=1S/C11H9Cl2IN2S/c12-6-1-2-8(14)7(5-6)11(16-15)9-3-4-10(13)17-9/h1-5,11,16H,15H2. The average molecular weight is 399 g/mol. The molecule has 1 aromatic heterocycles. The minimum atomic E-state index is -0.0851. The summed E-state index contributed by atoms with van der Waals surface area (Å²) in [5, 5.41) is 0.698.